The molecule has 20 heavy (non-hydrogen) atoms. The summed E-state index contributed by atoms with van der Waals surface area (Å²) in [6.45, 7) is 5.79. The normalized spacial score (nSPS) is 14.3. The first-order valence-electron chi connectivity index (χ1n) is 6.17. The van der Waals surface area contributed by atoms with E-state index in [1.807, 2.05) is 61.9 Å². The Hall–Kier alpha value is -0.620. The van der Waals surface area contributed by atoms with Crippen LogP contribution in [0.2, 0.25) is 0 Å². The Bertz CT molecular complexity index is 585. The molecule has 0 aliphatic rings. The largest absolute Gasteiger partial charge is 0.591 e. The second-order valence-electron chi connectivity index (χ2n) is 5.32. The second kappa shape index (κ2) is 6.43. The quantitative estimate of drug-likeness (QED) is 0.564. The van der Waals surface area contributed by atoms with Gasteiger partial charge in [0.05, 0.1) is 0 Å². The average Bonchev–Trinajstić information content (AvgIpc) is 2.89. The maximum Gasteiger partial charge on any atom is 0.144 e. The van der Waals surface area contributed by atoms with Crippen LogP contribution in [0.4, 0.5) is 0 Å². The molecule has 0 spiro atoms. The molecule has 106 valence electrons. The lowest BCUT2D eigenvalue weighted by Crippen LogP contribution is -2.27. The summed E-state index contributed by atoms with van der Waals surface area (Å²) in [5.41, 5.74) is 2.77. The van der Waals surface area contributed by atoms with E-state index in [1.165, 1.54) is 0 Å². The zero-order chi connectivity index (χ0) is 14.8. The molecule has 1 heterocycles. The number of benzene rings is 1. The van der Waals surface area contributed by atoms with E-state index in [1.54, 1.807) is 11.3 Å². The number of rotatable bonds is 3. The molecule has 2 rings (SSSR count). The van der Waals surface area contributed by atoms with Gasteiger partial charge in [0.25, 0.3) is 0 Å². The Balaban J connectivity index is 2.46. The molecule has 5 heteroatoms. The first kappa shape index (κ1) is 15.8. The predicted octanol–water partition coefficient (Wildman–Crippen LogP) is 4.81. The molecule has 0 radical (unpaired) electrons. The standard InChI is InChI=1S/C15H16BrNOS2/c1-15(2,3)20(18)17-14(12-8-9-19-10-12)11-4-6-13(16)7-5-11/h4-10H,1-3H3. The summed E-state index contributed by atoms with van der Waals surface area (Å²) in [4.78, 5) is 0. The summed E-state index contributed by atoms with van der Waals surface area (Å²) in [5.74, 6) is 0. The van der Waals surface area contributed by atoms with Gasteiger partial charge in [-0.3, -0.25) is 0 Å². The fraction of sp³-hybridized carbons (Fsp3) is 0.267. The number of halogens is 1. The summed E-state index contributed by atoms with van der Waals surface area (Å²) in [5, 5.41) is 4.03. The van der Waals surface area contributed by atoms with Gasteiger partial charge in [0.15, 0.2) is 0 Å². The number of hydrogen-bond acceptors (Lipinski definition) is 3. The van der Waals surface area contributed by atoms with Crippen LogP contribution in [0.25, 0.3) is 0 Å². The van der Waals surface area contributed by atoms with Gasteiger partial charge < -0.3 is 4.55 Å². The van der Waals surface area contributed by atoms with Crippen LogP contribution in [0.15, 0.2) is 50.0 Å². The van der Waals surface area contributed by atoms with E-state index in [-0.39, 0.29) is 4.75 Å². The van der Waals surface area contributed by atoms with Crippen molar-refractivity contribution in [2.75, 3.05) is 0 Å². The third kappa shape index (κ3) is 3.95. The molecule has 0 saturated heterocycles. The maximum absolute atomic E-state index is 12.3. The molecule has 0 saturated carbocycles. The summed E-state index contributed by atoms with van der Waals surface area (Å²) in [6, 6.07) is 9.92. The fourth-order valence-electron chi connectivity index (χ4n) is 1.50. The predicted molar refractivity (Wildman–Crippen MR) is 92.0 cm³/mol. The van der Waals surface area contributed by atoms with Gasteiger partial charge in [-0.15, -0.1) is 0 Å². The van der Waals surface area contributed by atoms with Crippen LogP contribution in [0.3, 0.4) is 0 Å². The van der Waals surface area contributed by atoms with Crippen molar-refractivity contribution in [3.05, 3.63) is 56.7 Å². The van der Waals surface area contributed by atoms with Crippen molar-refractivity contribution in [2.45, 2.75) is 25.5 Å². The van der Waals surface area contributed by atoms with E-state index in [9.17, 15) is 4.55 Å². The minimum atomic E-state index is -1.28. The van der Waals surface area contributed by atoms with Crippen molar-refractivity contribution in [3.8, 4) is 0 Å². The lowest BCUT2D eigenvalue weighted by atomic mass is 10.1. The van der Waals surface area contributed by atoms with Gasteiger partial charge in [-0.1, -0.05) is 32.5 Å². The van der Waals surface area contributed by atoms with E-state index < -0.39 is 11.4 Å². The van der Waals surface area contributed by atoms with Crippen molar-refractivity contribution in [2.24, 2.45) is 4.40 Å². The minimum Gasteiger partial charge on any atom is -0.591 e. The third-order valence-corrected chi connectivity index (χ3v) is 5.22. The molecule has 1 aromatic carbocycles. The van der Waals surface area contributed by atoms with Crippen LogP contribution in [0.1, 0.15) is 31.9 Å². The number of hydrogen-bond donors (Lipinski definition) is 0. The molecule has 0 aliphatic carbocycles. The Morgan fingerprint density at radius 1 is 1.15 bits per heavy atom. The number of thiophene rings is 1. The van der Waals surface area contributed by atoms with Gasteiger partial charge in [-0.25, -0.2) is 0 Å². The van der Waals surface area contributed by atoms with Crippen molar-refractivity contribution in [1.29, 1.82) is 0 Å². The highest BCUT2D eigenvalue weighted by atomic mass is 79.9. The van der Waals surface area contributed by atoms with E-state index in [2.05, 4.69) is 20.3 Å². The lowest BCUT2D eigenvalue weighted by molar-refractivity contribution is 0.561. The smallest absolute Gasteiger partial charge is 0.144 e. The Labute approximate surface area is 135 Å². The summed E-state index contributed by atoms with van der Waals surface area (Å²) < 4.78 is 17.5. The zero-order valence-electron chi connectivity index (χ0n) is 11.6. The van der Waals surface area contributed by atoms with Gasteiger partial charge >= 0.3 is 0 Å². The van der Waals surface area contributed by atoms with Crippen LogP contribution in [-0.2, 0) is 11.4 Å². The highest BCUT2D eigenvalue weighted by molar-refractivity contribution is 9.10. The van der Waals surface area contributed by atoms with Crippen molar-refractivity contribution >= 4 is 44.3 Å². The van der Waals surface area contributed by atoms with Crippen LogP contribution in [0.5, 0.6) is 0 Å². The minimum absolute atomic E-state index is 0.364. The highest BCUT2D eigenvalue weighted by Gasteiger charge is 2.27. The van der Waals surface area contributed by atoms with Crippen LogP contribution in [0, 0.1) is 0 Å². The monoisotopic (exact) mass is 369 g/mol. The maximum atomic E-state index is 12.3. The fourth-order valence-corrected chi connectivity index (χ4v) is 3.05. The first-order chi connectivity index (χ1) is 9.38. The van der Waals surface area contributed by atoms with E-state index in [0.717, 1.165) is 21.3 Å². The van der Waals surface area contributed by atoms with Gasteiger partial charge in [-0.2, -0.15) is 11.3 Å². The molecule has 0 aliphatic heterocycles. The van der Waals surface area contributed by atoms with Gasteiger partial charge in [0.1, 0.15) is 21.8 Å². The molecule has 2 aromatic rings. The lowest BCUT2D eigenvalue weighted by Gasteiger charge is -2.19. The summed E-state index contributed by atoms with van der Waals surface area (Å²) in [6.07, 6.45) is 0. The van der Waals surface area contributed by atoms with E-state index in [4.69, 9.17) is 0 Å². The Morgan fingerprint density at radius 2 is 1.80 bits per heavy atom. The molecular weight excluding hydrogens is 354 g/mol. The molecule has 1 aromatic heterocycles. The van der Waals surface area contributed by atoms with Gasteiger partial charge in [-0.05, 0) is 44.4 Å². The average molecular weight is 370 g/mol. The van der Waals surface area contributed by atoms with Crippen molar-refractivity contribution in [1.82, 2.24) is 0 Å². The van der Waals surface area contributed by atoms with Crippen molar-refractivity contribution < 1.29 is 4.55 Å². The van der Waals surface area contributed by atoms with Crippen LogP contribution >= 0.6 is 27.3 Å². The van der Waals surface area contributed by atoms with E-state index >= 15 is 0 Å². The van der Waals surface area contributed by atoms with E-state index in [0.29, 0.717) is 0 Å². The highest BCUT2D eigenvalue weighted by Crippen LogP contribution is 2.22. The Morgan fingerprint density at radius 3 is 2.30 bits per heavy atom. The van der Waals surface area contributed by atoms with Gasteiger partial charge in [0, 0.05) is 21.0 Å². The van der Waals surface area contributed by atoms with Gasteiger partial charge in [0.2, 0.25) is 0 Å². The molecule has 0 amide bonds. The molecule has 0 N–H and O–H groups in total. The molecule has 1 unspecified atom stereocenters. The molecular formula is C15H16BrNOS2. The van der Waals surface area contributed by atoms with Crippen molar-refractivity contribution in [3.63, 3.8) is 0 Å². The topological polar surface area (TPSA) is 35.4 Å². The zero-order valence-corrected chi connectivity index (χ0v) is 14.8. The molecule has 1 atom stereocenters. The molecule has 2 nitrogen and oxygen atoms in total. The van der Waals surface area contributed by atoms with Crippen LogP contribution < -0.4 is 0 Å². The summed E-state index contributed by atoms with van der Waals surface area (Å²) in [7, 11) is 0. The Kier molecular flexibility index (Phi) is 5.07. The third-order valence-electron chi connectivity index (χ3n) is 2.61. The molecule has 0 fully saturated rings. The SMILES string of the molecule is CC(C)(C)[S+]([O-])N=C(c1ccc(Br)cc1)c1ccsc1. The van der Waals surface area contributed by atoms with Crippen LogP contribution in [-0.4, -0.2) is 15.0 Å². The number of nitrogens with zero attached hydrogens (tertiary/aromatic N) is 1. The summed E-state index contributed by atoms with van der Waals surface area (Å²) >= 11 is 3.76. The first-order valence-corrected chi connectivity index (χ1v) is 9.01. The molecule has 0 bridgehead atoms. The second-order valence-corrected chi connectivity index (χ2v) is 8.92.